The molecule has 1 fully saturated rings. The summed E-state index contributed by atoms with van der Waals surface area (Å²) in [5, 5.41) is 0. The first-order chi connectivity index (χ1) is 11.6. The lowest BCUT2D eigenvalue weighted by Crippen LogP contribution is -2.25. The lowest BCUT2D eigenvalue weighted by molar-refractivity contribution is 0.107. The monoisotopic (exact) mass is 329 g/mol. The number of rotatable bonds is 6. The SMILES string of the molecule is COCc1cccc(CN2C[C@H](OC)C[C@H]2c2nc(C)c(C)[nH]2)c1. The first kappa shape index (κ1) is 17.1. The number of benzene rings is 1. The fourth-order valence-electron chi connectivity index (χ4n) is 3.44. The van der Waals surface area contributed by atoms with Gasteiger partial charge < -0.3 is 14.5 Å². The van der Waals surface area contributed by atoms with Gasteiger partial charge >= 0.3 is 0 Å². The van der Waals surface area contributed by atoms with Crippen LogP contribution < -0.4 is 0 Å². The van der Waals surface area contributed by atoms with Crippen molar-refractivity contribution in [3.05, 3.63) is 52.6 Å². The smallest absolute Gasteiger partial charge is 0.124 e. The van der Waals surface area contributed by atoms with Gasteiger partial charge in [-0.05, 0) is 31.4 Å². The Morgan fingerprint density at radius 1 is 1.25 bits per heavy atom. The van der Waals surface area contributed by atoms with Gasteiger partial charge in [0.1, 0.15) is 5.82 Å². The first-order valence-corrected chi connectivity index (χ1v) is 8.47. The zero-order chi connectivity index (χ0) is 17.1. The third-order valence-corrected chi connectivity index (χ3v) is 4.85. The number of nitrogens with one attached hydrogen (secondary N) is 1. The summed E-state index contributed by atoms with van der Waals surface area (Å²) in [5.74, 6) is 1.05. The lowest BCUT2D eigenvalue weighted by atomic mass is 10.1. The van der Waals surface area contributed by atoms with Gasteiger partial charge in [0.25, 0.3) is 0 Å². The van der Waals surface area contributed by atoms with Crippen LogP contribution in [0.25, 0.3) is 0 Å². The normalized spacial score (nSPS) is 21.5. The van der Waals surface area contributed by atoms with Crippen LogP contribution >= 0.6 is 0 Å². The van der Waals surface area contributed by atoms with Crippen LogP contribution in [-0.2, 0) is 22.6 Å². The second-order valence-electron chi connectivity index (χ2n) is 6.62. The Labute approximate surface area is 144 Å². The summed E-state index contributed by atoms with van der Waals surface area (Å²) in [6.07, 6.45) is 1.23. The van der Waals surface area contributed by atoms with Crippen molar-refractivity contribution in [3.63, 3.8) is 0 Å². The number of imidazole rings is 1. The number of aromatic amines is 1. The van der Waals surface area contributed by atoms with Gasteiger partial charge in [-0.3, -0.25) is 4.90 Å². The van der Waals surface area contributed by atoms with Crippen LogP contribution in [0.1, 0.15) is 40.8 Å². The molecule has 0 unspecified atom stereocenters. The van der Waals surface area contributed by atoms with Crippen molar-refractivity contribution in [3.8, 4) is 0 Å². The van der Waals surface area contributed by atoms with E-state index in [1.54, 1.807) is 14.2 Å². The fraction of sp³-hybridized carbons (Fsp3) is 0.526. The Morgan fingerprint density at radius 3 is 2.71 bits per heavy atom. The number of nitrogens with zero attached hydrogens (tertiary/aromatic N) is 2. The highest BCUT2D eigenvalue weighted by atomic mass is 16.5. The molecule has 5 heteroatoms. The molecule has 2 heterocycles. The molecule has 5 nitrogen and oxygen atoms in total. The minimum Gasteiger partial charge on any atom is -0.380 e. The van der Waals surface area contributed by atoms with Crippen LogP contribution in [0.5, 0.6) is 0 Å². The summed E-state index contributed by atoms with van der Waals surface area (Å²) >= 11 is 0. The summed E-state index contributed by atoms with van der Waals surface area (Å²) in [6.45, 7) is 6.59. The van der Waals surface area contributed by atoms with Crippen molar-refractivity contribution >= 4 is 0 Å². The number of hydrogen-bond donors (Lipinski definition) is 1. The fourth-order valence-corrected chi connectivity index (χ4v) is 3.44. The van der Waals surface area contributed by atoms with Crippen molar-refractivity contribution in [2.45, 2.75) is 45.6 Å². The molecule has 0 bridgehead atoms. The number of aromatic nitrogens is 2. The van der Waals surface area contributed by atoms with Crippen molar-refractivity contribution in [2.75, 3.05) is 20.8 Å². The molecule has 2 atom stereocenters. The molecular weight excluding hydrogens is 302 g/mol. The molecule has 0 spiro atoms. The maximum Gasteiger partial charge on any atom is 0.124 e. The second kappa shape index (κ2) is 7.47. The molecule has 130 valence electrons. The highest BCUT2D eigenvalue weighted by Gasteiger charge is 2.35. The maximum absolute atomic E-state index is 5.63. The Morgan fingerprint density at radius 2 is 2.04 bits per heavy atom. The molecule has 3 rings (SSSR count). The number of ether oxygens (including phenoxy) is 2. The van der Waals surface area contributed by atoms with Gasteiger partial charge in [0.05, 0.1) is 24.4 Å². The van der Waals surface area contributed by atoms with E-state index in [2.05, 4.69) is 48.0 Å². The molecule has 0 aliphatic carbocycles. The molecule has 0 saturated carbocycles. The Bertz CT molecular complexity index is 664. The molecule has 1 aromatic carbocycles. The minimum atomic E-state index is 0.253. The van der Waals surface area contributed by atoms with Gasteiger partial charge in [0, 0.05) is 33.0 Å². The highest BCUT2D eigenvalue weighted by Crippen LogP contribution is 2.33. The van der Waals surface area contributed by atoms with Crippen LogP contribution in [-0.4, -0.2) is 41.7 Å². The number of H-pyrrole nitrogens is 1. The predicted octanol–water partition coefficient (Wildman–Crippen LogP) is 3.13. The lowest BCUT2D eigenvalue weighted by Gasteiger charge is -2.23. The summed E-state index contributed by atoms with van der Waals surface area (Å²) in [6, 6.07) is 8.87. The quantitative estimate of drug-likeness (QED) is 0.884. The zero-order valence-electron chi connectivity index (χ0n) is 15.0. The van der Waals surface area contributed by atoms with E-state index in [1.165, 1.54) is 11.1 Å². The van der Waals surface area contributed by atoms with E-state index in [-0.39, 0.29) is 12.1 Å². The number of aryl methyl sites for hydroxylation is 2. The molecule has 1 saturated heterocycles. The minimum absolute atomic E-state index is 0.253. The third-order valence-electron chi connectivity index (χ3n) is 4.85. The van der Waals surface area contributed by atoms with E-state index in [0.29, 0.717) is 6.61 Å². The largest absolute Gasteiger partial charge is 0.380 e. The molecule has 0 radical (unpaired) electrons. The number of hydrogen-bond acceptors (Lipinski definition) is 4. The van der Waals surface area contributed by atoms with Crippen LogP contribution in [0.4, 0.5) is 0 Å². The maximum atomic E-state index is 5.63. The van der Waals surface area contributed by atoms with Gasteiger partial charge in [-0.25, -0.2) is 4.98 Å². The second-order valence-corrected chi connectivity index (χ2v) is 6.62. The zero-order valence-corrected chi connectivity index (χ0v) is 15.0. The van der Waals surface area contributed by atoms with E-state index >= 15 is 0 Å². The van der Waals surface area contributed by atoms with Crippen LogP contribution in [0.3, 0.4) is 0 Å². The third kappa shape index (κ3) is 3.69. The van der Waals surface area contributed by atoms with Crippen LogP contribution in [0.15, 0.2) is 24.3 Å². The van der Waals surface area contributed by atoms with Crippen molar-refractivity contribution in [1.82, 2.24) is 14.9 Å². The Hall–Kier alpha value is -1.69. The highest BCUT2D eigenvalue weighted by molar-refractivity contribution is 5.24. The van der Waals surface area contributed by atoms with E-state index in [0.717, 1.165) is 36.7 Å². The van der Waals surface area contributed by atoms with E-state index in [1.807, 2.05) is 0 Å². The molecule has 1 N–H and O–H groups in total. The standard InChI is InChI=1S/C19H27N3O2/c1-13-14(2)21-19(20-13)18-9-17(24-4)11-22(18)10-15-6-5-7-16(8-15)12-23-3/h5-8,17-18H,9-12H2,1-4H3,(H,20,21)/t17-,18+/m1/s1. The summed E-state index contributed by atoms with van der Waals surface area (Å²) in [5.41, 5.74) is 4.73. The summed E-state index contributed by atoms with van der Waals surface area (Å²) in [4.78, 5) is 10.6. The van der Waals surface area contributed by atoms with Crippen molar-refractivity contribution in [1.29, 1.82) is 0 Å². The van der Waals surface area contributed by atoms with Crippen molar-refractivity contribution < 1.29 is 9.47 Å². The molecule has 24 heavy (non-hydrogen) atoms. The molecule has 2 aromatic rings. The average molecular weight is 329 g/mol. The molecular formula is C19H27N3O2. The Kier molecular flexibility index (Phi) is 5.33. The van der Waals surface area contributed by atoms with Gasteiger partial charge in [0.2, 0.25) is 0 Å². The molecule has 1 aliphatic heterocycles. The van der Waals surface area contributed by atoms with Crippen LogP contribution in [0, 0.1) is 13.8 Å². The van der Waals surface area contributed by atoms with E-state index in [4.69, 9.17) is 14.5 Å². The number of likely N-dealkylation sites (tertiary alicyclic amines) is 1. The van der Waals surface area contributed by atoms with Crippen LogP contribution in [0.2, 0.25) is 0 Å². The molecule has 0 amide bonds. The Balaban J connectivity index is 1.80. The molecule has 1 aliphatic rings. The van der Waals surface area contributed by atoms with E-state index < -0.39 is 0 Å². The molecule has 1 aromatic heterocycles. The van der Waals surface area contributed by atoms with E-state index in [9.17, 15) is 0 Å². The van der Waals surface area contributed by atoms with Gasteiger partial charge in [-0.2, -0.15) is 0 Å². The van der Waals surface area contributed by atoms with Crippen molar-refractivity contribution in [2.24, 2.45) is 0 Å². The van der Waals surface area contributed by atoms with Gasteiger partial charge in [-0.1, -0.05) is 24.3 Å². The first-order valence-electron chi connectivity index (χ1n) is 8.47. The number of methoxy groups -OCH3 is 2. The van der Waals surface area contributed by atoms with Gasteiger partial charge in [-0.15, -0.1) is 0 Å². The summed E-state index contributed by atoms with van der Waals surface area (Å²) < 4.78 is 10.9. The summed E-state index contributed by atoms with van der Waals surface area (Å²) in [7, 11) is 3.52. The topological polar surface area (TPSA) is 50.4 Å². The average Bonchev–Trinajstić information content (AvgIpc) is 3.12. The van der Waals surface area contributed by atoms with Gasteiger partial charge in [0.15, 0.2) is 0 Å². The predicted molar refractivity (Wildman–Crippen MR) is 93.8 cm³/mol.